The van der Waals surface area contributed by atoms with Crippen molar-refractivity contribution in [2.45, 2.75) is 33.1 Å². The molecule has 1 N–H and O–H groups in total. The highest BCUT2D eigenvalue weighted by atomic mass is 16.2. The molecule has 1 amide bonds. The van der Waals surface area contributed by atoms with Crippen molar-refractivity contribution in [2.24, 2.45) is 0 Å². The maximum atomic E-state index is 10.8. The molecule has 0 unspecified atom stereocenters. The molecule has 0 aromatic carbocycles. The lowest BCUT2D eigenvalue weighted by Crippen LogP contribution is -2.27. The summed E-state index contributed by atoms with van der Waals surface area (Å²) in [6.45, 7) is 3.65. The summed E-state index contributed by atoms with van der Waals surface area (Å²) in [5.41, 5.74) is 0. The Morgan fingerprint density at radius 3 is 2.45 bits per heavy atom. The van der Waals surface area contributed by atoms with E-state index < -0.39 is 0 Å². The second-order valence-electron chi connectivity index (χ2n) is 2.58. The number of amides is 1. The maximum absolute atomic E-state index is 10.8. The summed E-state index contributed by atoms with van der Waals surface area (Å²) >= 11 is 0. The number of hydrogen-bond acceptors (Lipinski definition) is 2. The van der Waals surface area contributed by atoms with E-state index in [1.807, 2.05) is 6.92 Å². The van der Waals surface area contributed by atoms with E-state index in [-0.39, 0.29) is 18.2 Å². The molecule has 0 bridgehead atoms. The molecule has 64 valence electrons. The highest BCUT2D eigenvalue weighted by Gasteiger charge is 1.99. The van der Waals surface area contributed by atoms with Crippen LogP contribution in [-0.4, -0.2) is 18.2 Å². The molecule has 0 aliphatic rings. The Balaban J connectivity index is 3.30. The van der Waals surface area contributed by atoms with Gasteiger partial charge < -0.3 is 5.32 Å². The van der Waals surface area contributed by atoms with Crippen molar-refractivity contribution in [3.05, 3.63) is 0 Å². The van der Waals surface area contributed by atoms with Crippen molar-refractivity contribution in [2.75, 3.05) is 6.54 Å². The van der Waals surface area contributed by atoms with Crippen LogP contribution in [0.15, 0.2) is 0 Å². The van der Waals surface area contributed by atoms with Crippen molar-refractivity contribution in [1.82, 2.24) is 5.32 Å². The zero-order valence-electron chi connectivity index (χ0n) is 7.14. The number of carbonyl (C=O) groups excluding carboxylic acids is 2. The fourth-order valence-electron chi connectivity index (χ4n) is 0.649. The fourth-order valence-corrected chi connectivity index (χ4v) is 0.649. The highest BCUT2D eigenvalue weighted by Crippen LogP contribution is 1.92. The first kappa shape index (κ1) is 10.1. The van der Waals surface area contributed by atoms with Gasteiger partial charge >= 0.3 is 0 Å². The Kier molecular flexibility index (Phi) is 5.43. The average Bonchev–Trinajstić information content (AvgIpc) is 1.97. The van der Waals surface area contributed by atoms with E-state index in [0.29, 0.717) is 6.42 Å². The number of carbonyl (C=O) groups is 2. The Labute approximate surface area is 67.2 Å². The van der Waals surface area contributed by atoms with E-state index in [1.54, 1.807) is 0 Å². The van der Waals surface area contributed by atoms with Gasteiger partial charge in [0.15, 0.2) is 0 Å². The van der Waals surface area contributed by atoms with E-state index in [1.165, 1.54) is 6.92 Å². The first-order valence-corrected chi connectivity index (χ1v) is 3.93. The third-order valence-electron chi connectivity index (χ3n) is 1.29. The molecule has 0 fully saturated rings. The largest absolute Gasteiger partial charge is 0.349 e. The normalized spacial score (nSPS) is 9.27. The zero-order valence-corrected chi connectivity index (χ0v) is 7.14. The van der Waals surface area contributed by atoms with Gasteiger partial charge in [-0.2, -0.15) is 0 Å². The molecular weight excluding hydrogens is 142 g/mol. The van der Waals surface area contributed by atoms with Gasteiger partial charge in [-0.25, -0.2) is 0 Å². The van der Waals surface area contributed by atoms with Crippen LogP contribution in [-0.2, 0) is 9.59 Å². The molecule has 0 aliphatic carbocycles. The van der Waals surface area contributed by atoms with E-state index >= 15 is 0 Å². The number of Topliss-reactive ketones (excluding diaryl/α,β-unsaturated/α-hetero) is 1. The lowest BCUT2D eigenvalue weighted by molar-refractivity contribution is -0.124. The molecule has 0 spiro atoms. The van der Waals surface area contributed by atoms with Crippen LogP contribution in [0, 0.1) is 0 Å². The predicted octanol–water partition coefficient (Wildman–Crippen LogP) is 0.882. The van der Waals surface area contributed by atoms with Gasteiger partial charge in [-0.3, -0.25) is 9.59 Å². The molecule has 0 aromatic rings. The molecule has 3 heteroatoms. The summed E-state index contributed by atoms with van der Waals surface area (Å²) in [4.78, 5) is 21.3. The first-order chi connectivity index (χ1) is 5.16. The first-order valence-electron chi connectivity index (χ1n) is 3.93. The van der Waals surface area contributed by atoms with Gasteiger partial charge in [0.2, 0.25) is 5.91 Å². The van der Waals surface area contributed by atoms with Crippen LogP contribution in [0.2, 0.25) is 0 Å². The summed E-state index contributed by atoms with van der Waals surface area (Å²) in [5.74, 6) is -0.0306. The van der Waals surface area contributed by atoms with Crippen molar-refractivity contribution in [1.29, 1.82) is 0 Å². The highest BCUT2D eigenvalue weighted by molar-refractivity contribution is 5.84. The van der Waals surface area contributed by atoms with E-state index in [9.17, 15) is 9.59 Å². The van der Waals surface area contributed by atoms with Crippen LogP contribution in [0.25, 0.3) is 0 Å². The minimum atomic E-state index is -0.0259. The van der Waals surface area contributed by atoms with Gasteiger partial charge in [0.25, 0.3) is 0 Å². The molecule has 0 heterocycles. The van der Waals surface area contributed by atoms with Gasteiger partial charge in [0, 0.05) is 6.42 Å². The van der Waals surface area contributed by atoms with Gasteiger partial charge in [-0.15, -0.1) is 0 Å². The van der Waals surface area contributed by atoms with Gasteiger partial charge in [0.05, 0.1) is 6.54 Å². The van der Waals surface area contributed by atoms with E-state index in [2.05, 4.69) is 5.32 Å². The van der Waals surface area contributed by atoms with Gasteiger partial charge in [-0.05, 0) is 13.3 Å². The lowest BCUT2D eigenvalue weighted by Gasteiger charge is -2.00. The maximum Gasteiger partial charge on any atom is 0.220 e. The molecule has 0 saturated heterocycles. The van der Waals surface area contributed by atoms with Crippen LogP contribution in [0.1, 0.15) is 33.1 Å². The second-order valence-corrected chi connectivity index (χ2v) is 2.58. The number of ketones is 1. The van der Waals surface area contributed by atoms with Crippen LogP contribution in [0.5, 0.6) is 0 Å². The Bertz CT molecular complexity index is 143. The summed E-state index contributed by atoms with van der Waals surface area (Å²) in [6, 6.07) is 0. The van der Waals surface area contributed by atoms with Crippen molar-refractivity contribution in [3.63, 3.8) is 0 Å². The van der Waals surface area contributed by atoms with Crippen molar-refractivity contribution >= 4 is 11.7 Å². The van der Waals surface area contributed by atoms with Crippen LogP contribution in [0.3, 0.4) is 0 Å². The molecule has 0 saturated carbocycles. The molecule has 11 heavy (non-hydrogen) atoms. The number of unbranched alkanes of at least 4 members (excludes halogenated alkanes) is 1. The van der Waals surface area contributed by atoms with Crippen molar-refractivity contribution < 1.29 is 9.59 Å². The predicted molar refractivity (Wildman–Crippen MR) is 43.2 cm³/mol. The quantitative estimate of drug-likeness (QED) is 0.644. The number of rotatable bonds is 5. The lowest BCUT2D eigenvalue weighted by atomic mass is 10.2. The molecule has 0 aromatic heterocycles. The average molecular weight is 157 g/mol. The van der Waals surface area contributed by atoms with Gasteiger partial charge in [0.1, 0.15) is 5.78 Å². The molecule has 0 radical (unpaired) electrons. The summed E-state index contributed by atoms with van der Waals surface area (Å²) in [7, 11) is 0. The Hall–Kier alpha value is -0.860. The van der Waals surface area contributed by atoms with Gasteiger partial charge in [-0.1, -0.05) is 13.3 Å². The van der Waals surface area contributed by atoms with Crippen molar-refractivity contribution in [3.8, 4) is 0 Å². The van der Waals surface area contributed by atoms with Crippen LogP contribution >= 0.6 is 0 Å². The SMILES string of the molecule is CCCCC(=O)NCC(C)=O. The Morgan fingerprint density at radius 2 is 2.00 bits per heavy atom. The molecule has 3 nitrogen and oxygen atoms in total. The molecule has 0 aliphatic heterocycles. The summed E-state index contributed by atoms with van der Waals surface area (Å²) in [6.07, 6.45) is 2.43. The van der Waals surface area contributed by atoms with E-state index in [0.717, 1.165) is 12.8 Å². The topological polar surface area (TPSA) is 46.2 Å². The monoisotopic (exact) mass is 157 g/mol. The molecule has 0 atom stereocenters. The minimum Gasteiger partial charge on any atom is -0.349 e. The molecule has 0 rings (SSSR count). The zero-order chi connectivity index (χ0) is 8.69. The smallest absolute Gasteiger partial charge is 0.220 e. The number of nitrogens with one attached hydrogen (secondary N) is 1. The Morgan fingerprint density at radius 1 is 1.36 bits per heavy atom. The second kappa shape index (κ2) is 5.89. The summed E-state index contributed by atoms with van der Waals surface area (Å²) in [5, 5.41) is 2.53. The third-order valence-corrected chi connectivity index (χ3v) is 1.29. The number of hydrogen-bond donors (Lipinski definition) is 1. The standard InChI is InChI=1S/C8H15NO2/c1-3-4-5-8(11)9-6-7(2)10/h3-6H2,1-2H3,(H,9,11). The van der Waals surface area contributed by atoms with Crippen LogP contribution < -0.4 is 5.32 Å². The minimum absolute atomic E-state index is 0.00477. The molecular formula is C8H15NO2. The third kappa shape index (κ3) is 7.03. The van der Waals surface area contributed by atoms with E-state index in [4.69, 9.17) is 0 Å². The summed E-state index contributed by atoms with van der Waals surface area (Å²) < 4.78 is 0. The fraction of sp³-hybridized carbons (Fsp3) is 0.750. The van der Waals surface area contributed by atoms with Crippen LogP contribution in [0.4, 0.5) is 0 Å².